The van der Waals surface area contributed by atoms with Gasteiger partial charge < -0.3 is 4.42 Å². The van der Waals surface area contributed by atoms with Gasteiger partial charge in [0.15, 0.2) is 0 Å². The third-order valence-corrected chi connectivity index (χ3v) is 10.5. The lowest BCUT2D eigenvalue weighted by atomic mass is 9.90. The lowest BCUT2D eigenvalue weighted by Gasteiger charge is -2.19. The molecule has 3 aromatic heterocycles. The van der Waals surface area contributed by atoms with Gasteiger partial charge in [-0.15, -0.1) is 0 Å². The van der Waals surface area contributed by atoms with E-state index in [1.165, 1.54) is 33.7 Å². The van der Waals surface area contributed by atoms with Crippen molar-refractivity contribution in [2.24, 2.45) is 0 Å². The Bertz CT molecular complexity index is 3060. The van der Waals surface area contributed by atoms with E-state index in [4.69, 9.17) is 14.4 Å². The zero-order valence-corrected chi connectivity index (χ0v) is 29.8. The van der Waals surface area contributed by atoms with Crippen molar-refractivity contribution in [1.82, 2.24) is 14.5 Å². The number of nitrogens with zero attached hydrogens (tertiary/aromatic N) is 3. The van der Waals surface area contributed by atoms with Gasteiger partial charge in [0.05, 0.1) is 22.4 Å². The summed E-state index contributed by atoms with van der Waals surface area (Å²) in [5.41, 5.74) is 10.6. The lowest BCUT2D eigenvalue weighted by molar-refractivity contribution is 0.669. The maximum atomic E-state index is 6.39. The van der Waals surface area contributed by atoms with E-state index in [1.54, 1.807) is 0 Å². The summed E-state index contributed by atoms with van der Waals surface area (Å²) in [6.07, 6.45) is 5.52. The Morgan fingerprint density at radius 2 is 1.25 bits per heavy atom. The molecule has 0 bridgehead atoms. The van der Waals surface area contributed by atoms with E-state index in [1.807, 2.05) is 12.1 Å². The first-order chi connectivity index (χ1) is 26.2. The number of hydrogen-bond donors (Lipinski definition) is 0. The number of furan rings is 1. The highest BCUT2D eigenvalue weighted by Gasteiger charge is 2.27. The fourth-order valence-corrected chi connectivity index (χ4v) is 8.16. The fraction of sp³-hybridized carbons (Fsp3) is 0.102. The largest absolute Gasteiger partial charge is 0.456 e. The molecule has 1 aliphatic rings. The maximum Gasteiger partial charge on any atom is 0.235 e. The van der Waals surface area contributed by atoms with Crippen molar-refractivity contribution in [3.05, 3.63) is 168 Å². The van der Waals surface area contributed by atoms with E-state index in [-0.39, 0.29) is 0 Å². The summed E-state index contributed by atoms with van der Waals surface area (Å²) in [5.74, 6) is 0.673. The molecule has 4 heteroatoms. The quantitative estimate of drug-likeness (QED) is 0.174. The third-order valence-electron chi connectivity index (χ3n) is 10.5. The van der Waals surface area contributed by atoms with Crippen LogP contribution in [0.25, 0.3) is 88.1 Å². The molecule has 0 spiro atoms. The van der Waals surface area contributed by atoms with Crippen LogP contribution in [0, 0.1) is 0 Å². The van der Waals surface area contributed by atoms with Gasteiger partial charge in [-0.3, -0.25) is 4.57 Å². The van der Waals surface area contributed by atoms with Crippen LogP contribution in [0.15, 0.2) is 156 Å². The highest BCUT2D eigenvalue weighted by molar-refractivity contribution is 6.10. The van der Waals surface area contributed by atoms with Gasteiger partial charge in [0.2, 0.25) is 5.95 Å². The van der Waals surface area contributed by atoms with Gasteiger partial charge in [0, 0.05) is 38.1 Å². The zero-order valence-electron chi connectivity index (χ0n) is 29.8. The second-order valence-corrected chi connectivity index (χ2v) is 14.0. The minimum absolute atomic E-state index is 0.673. The number of rotatable bonds is 3. The molecule has 0 unspecified atom stereocenters. The SMILES string of the molecule is C1=C(c2ccc3c(c2)oc2ccccc23)c2c(c3cc4ccccc4cc3n2-c2nc(-c3ccccc3)c3ccc4ccccc4c3n2)CC1.CCC. The van der Waals surface area contributed by atoms with Crippen LogP contribution in [-0.4, -0.2) is 14.5 Å². The first kappa shape index (κ1) is 31.2. The number of benzene rings is 7. The molecule has 0 radical (unpaired) electrons. The molecule has 4 nitrogen and oxygen atoms in total. The van der Waals surface area contributed by atoms with Crippen LogP contribution in [0.3, 0.4) is 0 Å². The van der Waals surface area contributed by atoms with Gasteiger partial charge in [0.25, 0.3) is 0 Å². The Morgan fingerprint density at radius 3 is 2.08 bits per heavy atom. The van der Waals surface area contributed by atoms with Crippen molar-refractivity contribution in [3.8, 4) is 17.2 Å². The maximum absolute atomic E-state index is 6.39. The average Bonchev–Trinajstić information content (AvgIpc) is 3.75. The van der Waals surface area contributed by atoms with Crippen LogP contribution in [0.2, 0.25) is 0 Å². The van der Waals surface area contributed by atoms with Crippen LogP contribution in [0.5, 0.6) is 0 Å². The molecule has 0 amide bonds. The Labute approximate surface area is 307 Å². The normalized spacial score (nSPS) is 12.8. The molecular weight excluding hydrogens is 647 g/mol. The predicted octanol–water partition coefficient (Wildman–Crippen LogP) is 13.2. The molecular formula is C49H37N3O. The van der Waals surface area contributed by atoms with E-state index >= 15 is 0 Å². The summed E-state index contributed by atoms with van der Waals surface area (Å²) >= 11 is 0. The van der Waals surface area contributed by atoms with Crippen LogP contribution >= 0.6 is 0 Å². The van der Waals surface area contributed by atoms with Crippen molar-refractivity contribution in [2.45, 2.75) is 33.1 Å². The van der Waals surface area contributed by atoms with Crippen LogP contribution in [0.1, 0.15) is 43.5 Å². The van der Waals surface area contributed by atoms with Crippen molar-refractivity contribution in [2.75, 3.05) is 0 Å². The topological polar surface area (TPSA) is 43.9 Å². The monoisotopic (exact) mass is 683 g/mol. The first-order valence-electron chi connectivity index (χ1n) is 18.6. The van der Waals surface area contributed by atoms with Crippen molar-refractivity contribution < 1.29 is 4.42 Å². The first-order valence-corrected chi connectivity index (χ1v) is 18.6. The number of hydrogen-bond acceptors (Lipinski definition) is 3. The number of aromatic nitrogens is 3. The summed E-state index contributed by atoms with van der Waals surface area (Å²) < 4.78 is 8.73. The number of aryl methyl sites for hydroxylation is 1. The standard InChI is InChI=1S/C46H29N3O.C3H8/c1-2-12-29(13-3-1)43-38-24-21-28-11-6-7-16-33(28)44(38)48-46(47-43)49-40-26-31-15-5-4-14-30(31)25-39(40)37-19-10-18-34(45(37)49)32-22-23-36-35-17-8-9-20-41(35)50-42(36)27-32;1-3-2/h1-9,11-18,20-27H,10,19H2;3H2,1-2H3. The predicted molar refractivity (Wildman–Crippen MR) is 222 cm³/mol. The minimum atomic E-state index is 0.673. The van der Waals surface area contributed by atoms with Gasteiger partial charge >= 0.3 is 0 Å². The molecule has 254 valence electrons. The van der Waals surface area contributed by atoms with Crippen LogP contribution < -0.4 is 0 Å². The number of allylic oxidation sites excluding steroid dienone is 1. The van der Waals surface area contributed by atoms with Gasteiger partial charge in [-0.05, 0) is 76.5 Å². The van der Waals surface area contributed by atoms with Gasteiger partial charge in [-0.1, -0.05) is 136 Å². The Hall–Kier alpha value is -6.52. The zero-order chi connectivity index (χ0) is 35.5. The summed E-state index contributed by atoms with van der Waals surface area (Å²) in [5, 5.41) is 9.26. The average molecular weight is 684 g/mol. The molecule has 0 aliphatic heterocycles. The second-order valence-electron chi connectivity index (χ2n) is 14.0. The highest BCUT2D eigenvalue weighted by atomic mass is 16.3. The van der Waals surface area contributed by atoms with Crippen LogP contribution in [0.4, 0.5) is 0 Å². The minimum Gasteiger partial charge on any atom is -0.456 e. The Balaban J connectivity index is 0.00000113. The highest BCUT2D eigenvalue weighted by Crippen LogP contribution is 2.43. The molecule has 0 N–H and O–H groups in total. The van der Waals surface area contributed by atoms with E-state index < -0.39 is 0 Å². The summed E-state index contributed by atoms with van der Waals surface area (Å²) in [6.45, 7) is 4.25. The number of para-hydroxylation sites is 1. The Morgan fingerprint density at radius 1 is 0.566 bits per heavy atom. The van der Waals surface area contributed by atoms with Gasteiger partial charge in [-0.25, -0.2) is 9.97 Å². The molecule has 7 aromatic carbocycles. The molecule has 1 aliphatic carbocycles. The summed E-state index contributed by atoms with van der Waals surface area (Å²) in [7, 11) is 0. The molecule has 3 heterocycles. The van der Waals surface area contributed by atoms with Crippen molar-refractivity contribution >= 4 is 70.9 Å². The van der Waals surface area contributed by atoms with Crippen molar-refractivity contribution in [3.63, 3.8) is 0 Å². The van der Waals surface area contributed by atoms with E-state index in [9.17, 15) is 0 Å². The molecule has 0 saturated carbocycles. The van der Waals surface area contributed by atoms with Gasteiger partial charge in [-0.2, -0.15) is 0 Å². The molecule has 10 aromatic rings. The van der Waals surface area contributed by atoms with Crippen molar-refractivity contribution in [1.29, 1.82) is 0 Å². The smallest absolute Gasteiger partial charge is 0.235 e. The fourth-order valence-electron chi connectivity index (χ4n) is 8.16. The van der Waals surface area contributed by atoms with E-state index in [0.717, 1.165) is 84.5 Å². The van der Waals surface area contributed by atoms with E-state index in [2.05, 4.69) is 158 Å². The van der Waals surface area contributed by atoms with Gasteiger partial charge in [0.1, 0.15) is 11.2 Å². The lowest BCUT2D eigenvalue weighted by Crippen LogP contribution is -2.10. The molecule has 0 atom stereocenters. The molecule has 0 saturated heterocycles. The summed E-state index contributed by atoms with van der Waals surface area (Å²) in [4.78, 5) is 11.0. The molecule has 0 fully saturated rings. The Kier molecular flexibility index (Phi) is 7.43. The third kappa shape index (κ3) is 5.05. The molecule has 11 rings (SSSR count). The summed E-state index contributed by atoms with van der Waals surface area (Å²) in [6, 6.07) is 51.6. The second kappa shape index (κ2) is 12.6. The van der Waals surface area contributed by atoms with Crippen LogP contribution in [-0.2, 0) is 6.42 Å². The number of fused-ring (bicyclic) bond motifs is 10. The molecule has 53 heavy (non-hydrogen) atoms. The van der Waals surface area contributed by atoms with E-state index in [0.29, 0.717) is 5.95 Å².